The van der Waals surface area contributed by atoms with Crippen LogP contribution >= 0.6 is 0 Å². The maximum absolute atomic E-state index is 5.65. The van der Waals surface area contributed by atoms with Crippen molar-refractivity contribution in [3.8, 4) is 16.9 Å². The Morgan fingerprint density at radius 3 is 2.52 bits per heavy atom. The molecule has 0 aromatic heterocycles. The molecule has 1 aliphatic carbocycles. The van der Waals surface area contributed by atoms with Crippen LogP contribution in [0.1, 0.15) is 29.5 Å². The van der Waals surface area contributed by atoms with Gasteiger partial charge in [-0.3, -0.25) is 0 Å². The molecule has 0 unspecified atom stereocenters. The molecule has 27 heavy (non-hydrogen) atoms. The van der Waals surface area contributed by atoms with E-state index in [0.717, 1.165) is 12.2 Å². The monoisotopic (exact) mass is 353 g/mol. The van der Waals surface area contributed by atoms with E-state index in [0.29, 0.717) is 11.8 Å². The van der Waals surface area contributed by atoms with Crippen LogP contribution in [0.2, 0.25) is 0 Å². The number of nitrogens with one attached hydrogen (secondary N) is 1. The molecule has 5 rings (SSSR count). The highest BCUT2D eigenvalue weighted by atomic mass is 16.5. The van der Waals surface area contributed by atoms with Crippen molar-refractivity contribution in [2.75, 3.05) is 12.4 Å². The van der Waals surface area contributed by atoms with Gasteiger partial charge in [0.1, 0.15) is 5.75 Å². The van der Waals surface area contributed by atoms with Gasteiger partial charge < -0.3 is 10.1 Å². The standard InChI is InChI=1S/C25H23NO/c1-27-24-13-6-5-10-21(24)25-20-12-7-11-19(20)22-16-18(14-15-23(22)26-25)17-8-3-2-4-9-17/h2-11,13-16,19-20,25-26H,12H2,1H3/t19-,20-,25-/m1/s1. The van der Waals surface area contributed by atoms with E-state index in [1.165, 1.54) is 27.9 Å². The average molecular weight is 353 g/mol. The molecule has 2 nitrogen and oxygen atoms in total. The van der Waals surface area contributed by atoms with Gasteiger partial charge in [0.2, 0.25) is 0 Å². The van der Waals surface area contributed by atoms with Gasteiger partial charge in [-0.05, 0) is 47.2 Å². The first-order chi connectivity index (χ1) is 13.3. The van der Waals surface area contributed by atoms with E-state index in [4.69, 9.17) is 4.74 Å². The minimum absolute atomic E-state index is 0.260. The van der Waals surface area contributed by atoms with Crippen molar-refractivity contribution in [3.63, 3.8) is 0 Å². The molecule has 0 saturated carbocycles. The lowest BCUT2D eigenvalue weighted by Crippen LogP contribution is -2.29. The first-order valence-corrected chi connectivity index (χ1v) is 9.60. The number of hydrogen-bond donors (Lipinski definition) is 1. The van der Waals surface area contributed by atoms with Gasteiger partial charge in [0.25, 0.3) is 0 Å². The molecule has 1 N–H and O–H groups in total. The highest BCUT2D eigenvalue weighted by Gasteiger charge is 2.38. The molecule has 2 heteroatoms. The SMILES string of the molecule is COc1ccccc1[C@@H]1Nc2ccc(-c3ccccc3)cc2[C@@H]2C=CC[C@H]21. The largest absolute Gasteiger partial charge is 0.496 e. The second-order valence-corrected chi connectivity index (χ2v) is 7.39. The second-order valence-electron chi connectivity index (χ2n) is 7.39. The van der Waals surface area contributed by atoms with Crippen molar-refractivity contribution >= 4 is 5.69 Å². The zero-order valence-corrected chi connectivity index (χ0v) is 15.4. The molecular weight excluding hydrogens is 330 g/mol. The number of para-hydroxylation sites is 1. The van der Waals surface area contributed by atoms with Crippen LogP contribution in [0.15, 0.2) is 84.9 Å². The Kier molecular flexibility index (Phi) is 3.97. The highest BCUT2D eigenvalue weighted by Crippen LogP contribution is 2.51. The third-order valence-corrected chi connectivity index (χ3v) is 5.94. The van der Waals surface area contributed by atoms with Gasteiger partial charge in [0.05, 0.1) is 13.2 Å². The van der Waals surface area contributed by atoms with E-state index < -0.39 is 0 Å². The molecule has 1 heterocycles. The van der Waals surface area contributed by atoms with Crippen LogP contribution < -0.4 is 10.1 Å². The fourth-order valence-corrected chi connectivity index (χ4v) is 4.64. The number of rotatable bonds is 3. The summed E-state index contributed by atoms with van der Waals surface area (Å²) in [6.07, 6.45) is 5.82. The summed E-state index contributed by atoms with van der Waals surface area (Å²) in [5.74, 6) is 1.92. The minimum Gasteiger partial charge on any atom is -0.496 e. The van der Waals surface area contributed by atoms with Crippen LogP contribution in [0.5, 0.6) is 5.75 Å². The zero-order chi connectivity index (χ0) is 18.2. The summed E-state index contributed by atoms with van der Waals surface area (Å²) in [5.41, 5.74) is 6.44. The van der Waals surface area contributed by atoms with Crippen molar-refractivity contribution in [3.05, 3.63) is 96.1 Å². The van der Waals surface area contributed by atoms with Gasteiger partial charge in [-0.2, -0.15) is 0 Å². The number of anilines is 1. The van der Waals surface area contributed by atoms with Gasteiger partial charge in [0, 0.05) is 17.2 Å². The van der Waals surface area contributed by atoms with Crippen molar-refractivity contribution in [1.29, 1.82) is 0 Å². The van der Waals surface area contributed by atoms with Crippen LogP contribution in [0.25, 0.3) is 11.1 Å². The number of ether oxygens (including phenoxy) is 1. The van der Waals surface area contributed by atoms with E-state index >= 15 is 0 Å². The summed E-state index contributed by atoms with van der Waals surface area (Å²) >= 11 is 0. The molecule has 3 atom stereocenters. The number of fused-ring (bicyclic) bond motifs is 3. The Balaban J connectivity index is 1.58. The Labute approximate surface area is 160 Å². The van der Waals surface area contributed by atoms with Gasteiger partial charge in [-0.15, -0.1) is 0 Å². The van der Waals surface area contributed by atoms with Gasteiger partial charge in [-0.1, -0.05) is 66.7 Å². The summed E-state index contributed by atoms with van der Waals surface area (Å²) < 4.78 is 5.65. The fraction of sp³-hybridized carbons (Fsp3) is 0.200. The van der Waals surface area contributed by atoms with Gasteiger partial charge in [0.15, 0.2) is 0 Å². The molecule has 0 spiro atoms. The van der Waals surface area contributed by atoms with Crippen LogP contribution in [-0.4, -0.2) is 7.11 Å². The molecule has 1 aliphatic heterocycles. The Morgan fingerprint density at radius 2 is 1.67 bits per heavy atom. The Morgan fingerprint density at radius 1 is 0.852 bits per heavy atom. The molecule has 134 valence electrons. The van der Waals surface area contributed by atoms with Crippen LogP contribution in [0.3, 0.4) is 0 Å². The predicted molar refractivity (Wildman–Crippen MR) is 111 cm³/mol. The van der Waals surface area contributed by atoms with E-state index in [1.807, 2.05) is 6.07 Å². The summed E-state index contributed by atoms with van der Waals surface area (Å²) in [4.78, 5) is 0. The molecule has 0 saturated heterocycles. The summed E-state index contributed by atoms with van der Waals surface area (Å²) in [7, 11) is 1.76. The summed E-state index contributed by atoms with van der Waals surface area (Å²) in [6, 6.07) is 26.1. The lowest BCUT2D eigenvalue weighted by molar-refractivity contribution is 0.381. The molecule has 3 aromatic rings. The predicted octanol–water partition coefficient (Wildman–Crippen LogP) is 6.19. The van der Waals surface area contributed by atoms with Crippen molar-refractivity contribution in [2.45, 2.75) is 18.4 Å². The second kappa shape index (κ2) is 6.62. The zero-order valence-electron chi connectivity index (χ0n) is 15.4. The van der Waals surface area contributed by atoms with Gasteiger partial charge in [-0.25, -0.2) is 0 Å². The topological polar surface area (TPSA) is 21.3 Å². The van der Waals surface area contributed by atoms with E-state index in [1.54, 1.807) is 7.11 Å². The van der Waals surface area contributed by atoms with E-state index in [2.05, 4.69) is 84.2 Å². The molecule has 0 bridgehead atoms. The third kappa shape index (κ3) is 2.73. The lowest BCUT2D eigenvalue weighted by atomic mass is 9.76. The lowest BCUT2D eigenvalue weighted by Gasteiger charge is -2.38. The highest BCUT2D eigenvalue weighted by molar-refractivity contribution is 5.71. The van der Waals surface area contributed by atoms with Crippen molar-refractivity contribution < 1.29 is 4.74 Å². The smallest absolute Gasteiger partial charge is 0.124 e. The first-order valence-electron chi connectivity index (χ1n) is 9.60. The summed E-state index contributed by atoms with van der Waals surface area (Å²) in [5, 5.41) is 3.82. The average Bonchev–Trinajstić information content (AvgIpc) is 3.24. The number of methoxy groups -OCH3 is 1. The maximum Gasteiger partial charge on any atom is 0.124 e. The van der Waals surface area contributed by atoms with Crippen LogP contribution in [-0.2, 0) is 0 Å². The Hall–Kier alpha value is -3.00. The number of benzene rings is 3. The maximum atomic E-state index is 5.65. The first kappa shape index (κ1) is 16.2. The normalized spacial score (nSPS) is 22.6. The third-order valence-electron chi connectivity index (χ3n) is 5.94. The van der Waals surface area contributed by atoms with Crippen LogP contribution in [0.4, 0.5) is 5.69 Å². The molecule has 0 fully saturated rings. The number of hydrogen-bond acceptors (Lipinski definition) is 2. The fourth-order valence-electron chi connectivity index (χ4n) is 4.64. The van der Waals surface area contributed by atoms with Gasteiger partial charge >= 0.3 is 0 Å². The quantitative estimate of drug-likeness (QED) is 0.567. The van der Waals surface area contributed by atoms with Crippen molar-refractivity contribution in [1.82, 2.24) is 0 Å². The minimum atomic E-state index is 0.260. The van der Waals surface area contributed by atoms with Crippen LogP contribution in [0, 0.1) is 5.92 Å². The molecule has 0 amide bonds. The summed E-state index contributed by atoms with van der Waals surface area (Å²) in [6.45, 7) is 0. The molecule has 0 radical (unpaired) electrons. The molecule has 3 aromatic carbocycles. The van der Waals surface area contributed by atoms with Crippen molar-refractivity contribution in [2.24, 2.45) is 5.92 Å². The molecular formula is C25H23NO. The number of allylic oxidation sites excluding steroid dienone is 2. The van der Waals surface area contributed by atoms with E-state index in [-0.39, 0.29) is 6.04 Å². The Bertz CT molecular complexity index is 992. The molecule has 2 aliphatic rings. The van der Waals surface area contributed by atoms with E-state index in [9.17, 15) is 0 Å².